The number of rotatable bonds is 7. The molecule has 1 aromatic rings. The molecule has 20 heavy (non-hydrogen) atoms. The molecule has 2 rings (SSSR count). The van der Waals surface area contributed by atoms with Crippen LogP contribution in [0.15, 0.2) is 6.33 Å². The number of nitrogens with zero attached hydrogens (tertiary/aromatic N) is 3. The van der Waals surface area contributed by atoms with Crippen LogP contribution in [0.25, 0.3) is 0 Å². The molecule has 0 saturated heterocycles. The second kappa shape index (κ2) is 7.21. The Hall–Kier alpha value is -0.900. The van der Waals surface area contributed by atoms with Crippen LogP contribution >= 0.6 is 0 Å². The highest BCUT2D eigenvalue weighted by molar-refractivity contribution is 4.97. The highest BCUT2D eigenvalue weighted by atomic mass is 15.3. The Balaban J connectivity index is 2.00. The van der Waals surface area contributed by atoms with E-state index in [-0.39, 0.29) is 5.41 Å². The van der Waals surface area contributed by atoms with E-state index in [1.165, 1.54) is 38.5 Å². The highest BCUT2D eigenvalue weighted by Gasteiger charge is 2.35. The average Bonchev–Trinajstić information content (AvgIpc) is 2.89. The summed E-state index contributed by atoms with van der Waals surface area (Å²) in [7, 11) is 0. The average molecular weight is 278 g/mol. The van der Waals surface area contributed by atoms with Crippen LogP contribution in [-0.4, -0.2) is 21.3 Å². The van der Waals surface area contributed by atoms with E-state index in [0.29, 0.717) is 0 Å². The van der Waals surface area contributed by atoms with Crippen molar-refractivity contribution in [1.82, 2.24) is 14.8 Å². The molecular formula is C16H30N4. The molecule has 114 valence electrons. The fraction of sp³-hybridized carbons (Fsp3) is 0.875. The van der Waals surface area contributed by atoms with Crippen LogP contribution in [0.1, 0.15) is 64.6 Å². The van der Waals surface area contributed by atoms with E-state index in [2.05, 4.69) is 28.6 Å². The summed E-state index contributed by atoms with van der Waals surface area (Å²) >= 11 is 0. The van der Waals surface area contributed by atoms with Gasteiger partial charge in [0.15, 0.2) is 0 Å². The van der Waals surface area contributed by atoms with Gasteiger partial charge in [0.1, 0.15) is 12.2 Å². The van der Waals surface area contributed by atoms with Crippen LogP contribution in [0, 0.1) is 11.3 Å². The van der Waals surface area contributed by atoms with Crippen LogP contribution in [0.3, 0.4) is 0 Å². The summed E-state index contributed by atoms with van der Waals surface area (Å²) in [6.07, 6.45) is 11.7. The topological polar surface area (TPSA) is 56.7 Å². The first-order valence-electron chi connectivity index (χ1n) is 8.29. The summed E-state index contributed by atoms with van der Waals surface area (Å²) in [5.74, 6) is 2.06. The first-order chi connectivity index (χ1) is 9.73. The summed E-state index contributed by atoms with van der Waals surface area (Å²) in [6, 6.07) is 0. The normalized spacial score (nSPS) is 26.9. The third kappa shape index (κ3) is 3.60. The maximum Gasteiger partial charge on any atom is 0.138 e. The maximum atomic E-state index is 6.14. The standard InChI is InChI=1S/C16H30N4/c1-3-5-14-6-8-16(12-17,9-7-14)11-15-18-13-19-20(15)10-4-2/h13-14H,3-12,17H2,1-2H3. The van der Waals surface area contributed by atoms with E-state index in [1.807, 2.05) is 0 Å². The lowest BCUT2D eigenvalue weighted by Gasteiger charge is -2.39. The van der Waals surface area contributed by atoms with E-state index >= 15 is 0 Å². The lowest BCUT2D eigenvalue weighted by atomic mass is 9.67. The zero-order valence-corrected chi connectivity index (χ0v) is 13.1. The Morgan fingerprint density at radius 1 is 1.30 bits per heavy atom. The molecule has 2 N–H and O–H groups in total. The van der Waals surface area contributed by atoms with Crippen LogP contribution in [0.2, 0.25) is 0 Å². The molecule has 1 fully saturated rings. The smallest absolute Gasteiger partial charge is 0.138 e. The minimum atomic E-state index is 0.267. The molecule has 4 nitrogen and oxygen atoms in total. The van der Waals surface area contributed by atoms with Gasteiger partial charge in [-0.2, -0.15) is 5.10 Å². The van der Waals surface area contributed by atoms with Gasteiger partial charge in [0.2, 0.25) is 0 Å². The predicted octanol–water partition coefficient (Wildman–Crippen LogP) is 3.17. The van der Waals surface area contributed by atoms with E-state index in [4.69, 9.17) is 5.73 Å². The van der Waals surface area contributed by atoms with Crippen molar-refractivity contribution in [3.05, 3.63) is 12.2 Å². The molecule has 1 aromatic heterocycles. The maximum absolute atomic E-state index is 6.14. The molecule has 1 aliphatic rings. The first kappa shape index (κ1) is 15.5. The minimum absolute atomic E-state index is 0.267. The van der Waals surface area contributed by atoms with Gasteiger partial charge in [-0.15, -0.1) is 0 Å². The van der Waals surface area contributed by atoms with Gasteiger partial charge in [0.25, 0.3) is 0 Å². The number of hydrogen-bond donors (Lipinski definition) is 1. The number of hydrogen-bond acceptors (Lipinski definition) is 3. The number of nitrogens with two attached hydrogens (primary N) is 1. The van der Waals surface area contributed by atoms with E-state index in [1.54, 1.807) is 6.33 Å². The molecule has 0 radical (unpaired) electrons. The Labute approximate surface area is 123 Å². The van der Waals surface area contributed by atoms with Crippen molar-refractivity contribution in [3.8, 4) is 0 Å². The van der Waals surface area contributed by atoms with Gasteiger partial charge < -0.3 is 5.73 Å². The minimum Gasteiger partial charge on any atom is -0.330 e. The number of aryl methyl sites for hydroxylation is 1. The molecule has 4 heteroatoms. The van der Waals surface area contributed by atoms with Crippen molar-refractivity contribution in [1.29, 1.82) is 0 Å². The van der Waals surface area contributed by atoms with Gasteiger partial charge in [-0.25, -0.2) is 4.98 Å². The van der Waals surface area contributed by atoms with Gasteiger partial charge in [-0.05, 0) is 50.0 Å². The number of aromatic nitrogens is 3. The van der Waals surface area contributed by atoms with Gasteiger partial charge in [0.05, 0.1) is 0 Å². The molecule has 0 atom stereocenters. The molecule has 0 aromatic carbocycles. The quantitative estimate of drug-likeness (QED) is 0.833. The predicted molar refractivity (Wildman–Crippen MR) is 82.4 cm³/mol. The zero-order valence-electron chi connectivity index (χ0n) is 13.1. The fourth-order valence-electron chi connectivity index (χ4n) is 3.60. The van der Waals surface area contributed by atoms with Crippen LogP contribution < -0.4 is 5.73 Å². The van der Waals surface area contributed by atoms with Crippen LogP contribution in [-0.2, 0) is 13.0 Å². The Morgan fingerprint density at radius 3 is 2.65 bits per heavy atom. The summed E-state index contributed by atoms with van der Waals surface area (Å²) < 4.78 is 2.07. The van der Waals surface area contributed by atoms with Gasteiger partial charge >= 0.3 is 0 Å². The van der Waals surface area contributed by atoms with E-state index in [0.717, 1.165) is 37.7 Å². The Bertz CT molecular complexity index is 391. The lowest BCUT2D eigenvalue weighted by molar-refractivity contribution is 0.146. The van der Waals surface area contributed by atoms with Gasteiger partial charge in [0, 0.05) is 13.0 Å². The molecule has 0 spiro atoms. The zero-order chi connectivity index (χ0) is 14.4. The molecule has 1 aliphatic carbocycles. The largest absolute Gasteiger partial charge is 0.330 e. The molecule has 1 saturated carbocycles. The molecule has 0 unspecified atom stereocenters. The third-order valence-corrected chi connectivity index (χ3v) is 4.96. The third-order valence-electron chi connectivity index (χ3n) is 4.96. The molecular weight excluding hydrogens is 248 g/mol. The highest BCUT2D eigenvalue weighted by Crippen LogP contribution is 2.41. The fourth-order valence-corrected chi connectivity index (χ4v) is 3.60. The molecule has 1 heterocycles. The second-order valence-electron chi connectivity index (χ2n) is 6.51. The van der Waals surface area contributed by atoms with Gasteiger partial charge in [-0.1, -0.05) is 26.7 Å². The molecule has 0 amide bonds. The van der Waals surface area contributed by atoms with Crippen molar-refractivity contribution in [2.75, 3.05) is 6.54 Å². The van der Waals surface area contributed by atoms with E-state index < -0.39 is 0 Å². The van der Waals surface area contributed by atoms with Gasteiger partial charge in [-0.3, -0.25) is 4.68 Å². The monoisotopic (exact) mass is 278 g/mol. The van der Waals surface area contributed by atoms with Crippen LogP contribution in [0.5, 0.6) is 0 Å². The summed E-state index contributed by atoms with van der Waals surface area (Å²) in [5, 5.41) is 4.35. The van der Waals surface area contributed by atoms with Crippen molar-refractivity contribution in [2.24, 2.45) is 17.1 Å². The van der Waals surface area contributed by atoms with Crippen molar-refractivity contribution >= 4 is 0 Å². The Morgan fingerprint density at radius 2 is 2.05 bits per heavy atom. The van der Waals surface area contributed by atoms with E-state index in [9.17, 15) is 0 Å². The summed E-state index contributed by atoms with van der Waals surface area (Å²) in [4.78, 5) is 4.47. The SMILES string of the molecule is CCCC1CCC(CN)(Cc2ncnn2CCC)CC1. The summed E-state index contributed by atoms with van der Waals surface area (Å²) in [6.45, 7) is 6.22. The summed E-state index contributed by atoms with van der Waals surface area (Å²) in [5.41, 5.74) is 6.41. The van der Waals surface area contributed by atoms with Crippen molar-refractivity contribution < 1.29 is 0 Å². The van der Waals surface area contributed by atoms with Crippen molar-refractivity contribution in [3.63, 3.8) is 0 Å². The first-order valence-corrected chi connectivity index (χ1v) is 8.29. The van der Waals surface area contributed by atoms with Crippen LogP contribution in [0.4, 0.5) is 0 Å². The van der Waals surface area contributed by atoms with Crippen molar-refractivity contribution in [2.45, 2.75) is 71.8 Å². The second-order valence-corrected chi connectivity index (χ2v) is 6.51. The molecule has 0 aliphatic heterocycles. The molecule has 0 bridgehead atoms. The lowest BCUT2D eigenvalue weighted by Crippen LogP contribution is -2.37. The Kier molecular flexibility index (Phi) is 5.58.